The lowest BCUT2D eigenvalue weighted by Gasteiger charge is -2.22. The van der Waals surface area contributed by atoms with Gasteiger partial charge in [0.2, 0.25) is 0 Å². The number of amides is 1. The van der Waals surface area contributed by atoms with E-state index in [0.29, 0.717) is 10.6 Å². The summed E-state index contributed by atoms with van der Waals surface area (Å²) in [5.41, 5.74) is 2.27. The Kier molecular flexibility index (Phi) is 6.42. The van der Waals surface area contributed by atoms with E-state index in [4.69, 9.17) is 21.1 Å². The molecule has 0 saturated carbocycles. The van der Waals surface area contributed by atoms with Crippen LogP contribution >= 0.6 is 11.6 Å². The van der Waals surface area contributed by atoms with E-state index < -0.39 is 23.9 Å². The number of nitrogens with zero attached hydrogens (tertiary/aromatic N) is 1. The molecule has 1 aliphatic heterocycles. The van der Waals surface area contributed by atoms with Crippen LogP contribution in [0.2, 0.25) is 5.02 Å². The van der Waals surface area contributed by atoms with Crippen LogP contribution in [0.5, 0.6) is 5.75 Å². The van der Waals surface area contributed by atoms with Gasteiger partial charge in [0, 0.05) is 17.0 Å². The second-order valence-corrected chi connectivity index (χ2v) is 7.93. The number of benzene rings is 3. The molecule has 0 bridgehead atoms. The van der Waals surface area contributed by atoms with Crippen LogP contribution in [-0.4, -0.2) is 42.6 Å². The van der Waals surface area contributed by atoms with E-state index in [-0.39, 0.29) is 24.6 Å². The molecule has 7 heteroatoms. The van der Waals surface area contributed by atoms with E-state index in [1.54, 1.807) is 30.3 Å². The van der Waals surface area contributed by atoms with Crippen molar-refractivity contribution in [3.63, 3.8) is 0 Å². The average molecular weight is 454 g/mol. The van der Waals surface area contributed by atoms with E-state index >= 15 is 0 Å². The first-order valence-corrected chi connectivity index (χ1v) is 10.5. The number of likely N-dealkylation sites (tertiary alicyclic amines) is 1. The van der Waals surface area contributed by atoms with Crippen LogP contribution in [0.15, 0.2) is 72.8 Å². The number of hydrogen-bond acceptors (Lipinski definition) is 4. The normalized spacial score (nSPS) is 17.8. The molecule has 1 aliphatic rings. The number of rotatable bonds is 5. The summed E-state index contributed by atoms with van der Waals surface area (Å²) >= 11 is 6.06. The van der Waals surface area contributed by atoms with E-state index in [2.05, 4.69) is 0 Å². The van der Waals surface area contributed by atoms with Crippen molar-refractivity contribution in [1.29, 1.82) is 0 Å². The van der Waals surface area contributed by atoms with E-state index in [0.717, 1.165) is 11.1 Å². The summed E-state index contributed by atoms with van der Waals surface area (Å²) in [7, 11) is 1.27. The number of esters is 1. The van der Waals surface area contributed by atoms with Gasteiger partial charge in [-0.2, -0.15) is 0 Å². The Balaban J connectivity index is 1.54. The average Bonchev–Trinajstić information content (AvgIpc) is 3.23. The molecule has 0 N–H and O–H groups in total. The summed E-state index contributed by atoms with van der Waals surface area (Å²) < 4.78 is 24.6. The highest BCUT2D eigenvalue weighted by Gasteiger charge is 2.42. The lowest BCUT2D eigenvalue weighted by Crippen LogP contribution is -2.41. The van der Waals surface area contributed by atoms with Gasteiger partial charge in [0.1, 0.15) is 12.1 Å². The van der Waals surface area contributed by atoms with Crippen LogP contribution in [-0.2, 0) is 9.53 Å². The molecule has 1 fully saturated rings. The van der Waals surface area contributed by atoms with Crippen molar-refractivity contribution in [3.05, 3.63) is 89.2 Å². The van der Waals surface area contributed by atoms with Gasteiger partial charge in [-0.15, -0.1) is 0 Å². The first-order valence-electron chi connectivity index (χ1n) is 10.1. The van der Waals surface area contributed by atoms with Gasteiger partial charge in [0.25, 0.3) is 5.91 Å². The molecule has 5 nitrogen and oxygen atoms in total. The highest BCUT2D eigenvalue weighted by Crippen LogP contribution is 2.28. The molecule has 0 aliphatic carbocycles. The maximum Gasteiger partial charge on any atom is 0.328 e. The molecule has 2 unspecified atom stereocenters. The van der Waals surface area contributed by atoms with Crippen molar-refractivity contribution in [2.45, 2.75) is 18.6 Å². The molecule has 0 aromatic heterocycles. The van der Waals surface area contributed by atoms with Crippen LogP contribution < -0.4 is 4.74 Å². The second-order valence-electron chi connectivity index (χ2n) is 7.49. The predicted octanol–water partition coefficient (Wildman–Crippen LogP) is 4.98. The summed E-state index contributed by atoms with van der Waals surface area (Å²) in [5.74, 6) is -1.27. The molecule has 164 valence electrons. The van der Waals surface area contributed by atoms with E-state index in [9.17, 15) is 14.0 Å². The van der Waals surface area contributed by atoms with Gasteiger partial charge in [-0.1, -0.05) is 48.0 Å². The van der Waals surface area contributed by atoms with Crippen molar-refractivity contribution in [1.82, 2.24) is 4.90 Å². The van der Waals surface area contributed by atoms with Crippen LogP contribution in [0.4, 0.5) is 4.39 Å². The maximum absolute atomic E-state index is 14.0. The third-order valence-electron chi connectivity index (χ3n) is 5.42. The number of carbonyl (C=O) groups excluding carboxylic acids is 2. The lowest BCUT2D eigenvalue weighted by molar-refractivity contribution is -0.145. The van der Waals surface area contributed by atoms with E-state index in [1.807, 2.05) is 30.3 Å². The highest BCUT2D eigenvalue weighted by molar-refractivity contribution is 6.30. The van der Waals surface area contributed by atoms with Gasteiger partial charge < -0.3 is 14.4 Å². The maximum atomic E-state index is 14.0. The molecule has 1 amide bonds. The Morgan fingerprint density at radius 3 is 2.44 bits per heavy atom. The summed E-state index contributed by atoms with van der Waals surface area (Å²) in [6, 6.07) is 19.7. The van der Waals surface area contributed by atoms with Crippen LogP contribution in [0.25, 0.3) is 11.1 Å². The minimum atomic E-state index is -0.808. The van der Waals surface area contributed by atoms with Gasteiger partial charge >= 0.3 is 5.97 Å². The SMILES string of the molecule is COC(=O)C1CC(Oc2ccccc2F)CN1C(=O)c1ccc(-c2cccc(Cl)c2)cc1. The van der Waals surface area contributed by atoms with Crippen molar-refractivity contribution < 1.29 is 23.5 Å². The van der Waals surface area contributed by atoms with Crippen molar-refractivity contribution in [2.24, 2.45) is 0 Å². The Morgan fingerprint density at radius 1 is 1.00 bits per heavy atom. The molecule has 0 radical (unpaired) electrons. The molecule has 3 aromatic carbocycles. The van der Waals surface area contributed by atoms with E-state index in [1.165, 1.54) is 24.1 Å². The van der Waals surface area contributed by atoms with Crippen molar-refractivity contribution in [2.75, 3.05) is 13.7 Å². The molecular formula is C25H21ClFNO4. The topological polar surface area (TPSA) is 55.8 Å². The number of halogens is 2. The molecule has 3 aromatic rings. The van der Waals surface area contributed by atoms with Crippen molar-refractivity contribution >= 4 is 23.5 Å². The number of hydrogen-bond donors (Lipinski definition) is 0. The number of para-hydroxylation sites is 1. The molecule has 4 rings (SSSR count). The Morgan fingerprint density at radius 2 is 1.75 bits per heavy atom. The fourth-order valence-electron chi connectivity index (χ4n) is 3.83. The van der Waals surface area contributed by atoms with Crippen LogP contribution in [0, 0.1) is 5.82 Å². The molecule has 32 heavy (non-hydrogen) atoms. The third kappa shape index (κ3) is 4.60. The minimum Gasteiger partial charge on any atom is -0.485 e. The van der Waals surface area contributed by atoms with Gasteiger partial charge in [-0.3, -0.25) is 4.79 Å². The fraction of sp³-hybridized carbons (Fsp3) is 0.200. The van der Waals surface area contributed by atoms with Gasteiger partial charge in [0.15, 0.2) is 11.6 Å². The lowest BCUT2D eigenvalue weighted by atomic mass is 10.0. The predicted molar refractivity (Wildman–Crippen MR) is 119 cm³/mol. The molecule has 1 saturated heterocycles. The number of carbonyl (C=O) groups is 2. The smallest absolute Gasteiger partial charge is 0.328 e. The molecule has 1 heterocycles. The quantitative estimate of drug-likeness (QED) is 0.511. The molecule has 2 atom stereocenters. The minimum absolute atomic E-state index is 0.0845. The molecular weight excluding hydrogens is 433 g/mol. The Hall–Kier alpha value is -3.38. The Labute approximate surface area is 190 Å². The monoisotopic (exact) mass is 453 g/mol. The first-order chi connectivity index (χ1) is 15.5. The summed E-state index contributed by atoms with van der Waals surface area (Å²) in [6.07, 6.45) is -0.321. The largest absolute Gasteiger partial charge is 0.485 e. The second kappa shape index (κ2) is 9.40. The van der Waals surface area contributed by atoms with Gasteiger partial charge in [0.05, 0.1) is 13.7 Å². The zero-order valence-electron chi connectivity index (χ0n) is 17.3. The first kappa shape index (κ1) is 21.8. The molecule has 0 spiro atoms. The third-order valence-corrected chi connectivity index (χ3v) is 5.65. The summed E-state index contributed by atoms with van der Waals surface area (Å²) in [4.78, 5) is 27.0. The Bertz CT molecular complexity index is 1130. The number of ether oxygens (including phenoxy) is 2. The number of methoxy groups -OCH3 is 1. The van der Waals surface area contributed by atoms with Crippen molar-refractivity contribution in [3.8, 4) is 16.9 Å². The summed E-state index contributed by atoms with van der Waals surface area (Å²) in [5, 5.41) is 0.626. The van der Waals surface area contributed by atoms with Gasteiger partial charge in [-0.05, 0) is 47.5 Å². The summed E-state index contributed by atoms with van der Waals surface area (Å²) in [6.45, 7) is 0.142. The standard InChI is InChI=1S/C25H21ClFNO4/c1-31-25(30)22-14-20(32-23-8-3-2-7-21(23)27)15-28(22)24(29)17-11-9-16(10-12-17)18-5-4-6-19(26)13-18/h2-13,20,22H,14-15H2,1H3. The zero-order chi connectivity index (χ0) is 22.7. The van der Waals surface area contributed by atoms with Gasteiger partial charge in [-0.25, -0.2) is 9.18 Å². The fourth-order valence-corrected chi connectivity index (χ4v) is 4.02. The van der Waals surface area contributed by atoms with Crippen LogP contribution in [0.1, 0.15) is 16.8 Å². The highest BCUT2D eigenvalue weighted by atomic mass is 35.5. The zero-order valence-corrected chi connectivity index (χ0v) is 18.1. The van der Waals surface area contributed by atoms with Crippen LogP contribution in [0.3, 0.4) is 0 Å².